The molecule has 1 aliphatic heterocycles. The van der Waals surface area contributed by atoms with Crippen molar-refractivity contribution in [2.24, 2.45) is 0 Å². The van der Waals surface area contributed by atoms with Gasteiger partial charge in [-0.3, -0.25) is 4.90 Å². The fourth-order valence-electron chi connectivity index (χ4n) is 2.29. The summed E-state index contributed by atoms with van der Waals surface area (Å²) < 4.78 is 12.7. The summed E-state index contributed by atoms with van der Waals surface area (Å²) in [5.74, 6) is 0.949. The van der Waals surface area contributed by atoms with Crippen LogP contribution in [-0.4, -0.2) is 43.3 Å². The van der Waals surface area contributed by atoms with Gasteiger partial charge < -0.3 is 9.47 Å². The maximum atomic E-state index is 5.75. The number of morpholine rings is 1. The van der Waals surface area contributed by atoms with E-state index in [1.165, 1.54) is 3.57 Å². The van der Waals surface area contributed by atoms with E-state index >= 15 is 0 Å². The lowest BCUT2D eigenvalue weighted by molar-refractivity contribution is -0.0699. The van der Waals surface area contributed by atoms with E-state index in [9.17, 15) is 0 Å². The van der Waals surface area contributed by atoms with Gasteiger partial charge in [0, 0.05) is 23.2 Å². The predicted octanol–water partition coefficient (Wildman–Crippen LogP) is 2.78. The molecule has 2 rings (SSSR count). The van der Waals surface area contributed by atoms with Crippen LogP contribution in [0.25, 0.3) is 0 Å². The van der Waals surface area contributed by atoms with Crippen LogP contribution in [0.1, 0.15) is 13.8 Å². The highest BCUT2D eigenvalue weighted by Crippen LogP contribution is 2.14. The lowest BCUT2D eigenvalue weighted by atomic mass is 10.2. The molecule has 1 aromatic carbocycles. The van der Waals surface area contributed by atoms with Crippen molar-refractivity contribution >= 4 is 22.6 Å². The van der Waals surface area contributed by atoms with Gasteiger partial charge in [0.25, 0.3) is 0 Å². The van der Waals surface area contributed by atoms with Crippen LogP contribution < -0.4 is 4.74 Å². The molecule has 0 aromatic heterocycles. The molecule has 1 aliphatic rings. The summed E-state index contributed by atoms with van der Waals surface area (Å²) in [6, 6.07) is 8.17. The van der Waals surface area contributed by atoms with E-state index in [0.29, 0.717) is 12.2 Å². The first-order valence-corrected chi connectivity index (χ1v) is 7.47. The van der Waals surface area contributed by atoms with Crippen LogP contribution in [-0.2, 0) is 4.74 Å². The molecule has 3 nitrogen and oxygen atoms in total. The third-order valence-electron chi connectivity index (χ3n) is 2.99. The van der Waals surface area contributed by atoms with Crippen LogP contribution >= 0.6 is 22.6 Å². The molecule has 1 aromatic rings. The summed E-state index contributed by atoms with van der Waals surface area (Å²) in [5, 5.41) is 0. The van der Waals surface area contributed by atoms with Gasteiger partial charge in [0.15, 0.2) is 0 Å². The summed E-state index contributed by atoms with van der Waals surface area (Å²) in [6.07, 6.45) is 0.652. The molecule has 100 valence electrons. The molecule has 2 atom stereocenters. The monoisotopic (exact) mass is 361 g/mol. The van der Waals surface area contributed by atoms with Crippen molar-refractivity contribution in [3.8, 4) is 5.75 Å². The second kappa shape index (κ2) is 6.73. The van der Waals surface area contributed by atoms with Crippen molar-refractivity contribution in [3.05, 3.63) is 27.8 Å². The predicted molar refractivity (Wildman–Crippen MR) is 81.1 cm³/mol. The van der Waals surface area contributed by atoms with Crippen LogP contribution in [0.4, 0.5) is 0 Å². The molecular weight excluding hydrogens is 341 g/mol. The van der Waals surface area contributed by atoms with E-state index in [2.05, 4.69) is 53.5 Å². The summed E-state index contributed by atoms with van der Waals surface area (Å²) >= 11 is 2.30. The highest BCUT2D eigenvalue weighted by molar-refractivity contribution is 14.1. The Morgan fingerprint density at radius 1 is 1.22 bits per heavy atom. The van der Waals surface area contributed by atoms with Gasteiger partial charge in [-0.25, -0.2) is 0 Å². The fraction of sp³-hybridized carbons (Fsp3) is 0.571. The van der Waals surface area contributed by atoms with Crippen molar-refractivity contribution in [1.29, 1.82) is 0 Å². The van der Waals surface area contributed by atoms with E-state index in [0.717, 1.165) is 32.0 Å². The molecule has 4 heteroatoms. The average molecular weight is 361 g/mol. The minimum absolute atomic E-state index is 0.326. The first-order valence-electron chi connectivity index (χ1n) is 6.39. The molecule has 0 amide bonds. The Bertz CT molecular complexity index is 359. The van der Waals surface area contributed by atoms with Gasteiger partial charge >= 0.3 is 0 Å². The molecular formula is C14H20INO2. The molecule has 0 aliphatic carbocycles. The van der Waals surface area contributed by atoms with Crippen molar-refractivity contribution in [3.63, 3.8) is 0 Å². The van der Waals surface area contributed by atoms with Gasteiger partial charge in [0.2, 0.25) is 0 Å². The quantitative estimate of drug-likeness (QED) is 0.770. The standard InChI is InChI=1S/C14H20INO2/c1-11-9-16(10-12(2)18-11)7-8-17-14-5-3-13(15)4-6-14/h3-6,11-12H,7-10H2,1-2H3/t11-,12+. The second-order valence-electron chi connectivity index (χ2n) is 4.82. The maximum Gasteiger partial charge on any atom is 0.119 e. The Kier molecular flexibility index (Phi) is 5.26. The SMILES string of the molecule is C[C@@H]1CN(CCOc2ccc(I)cc2)C[C@H](C)O1. The molecule has 0 spiro atoms. The van der Waals surface area contributed by atoms with Gasteiger partial charge in [-0.15, -0.1) is 0 Å². The zero-order chi connectivity index (χ0) is 13.0. The number of halogens is 1. The van der Waals surface area contributed by atoms with Crippen LogP contribution in [0.5, 0.6) is 5.75 Å². The van der Waals surface area contributed by atoms with Crippen LogP contribution in [0.2, 0.25) is 0 Å². The number of rotatable bonds is 4. The topological polar surface area (TPSA) is 21.7 Å². The molecule has 0 saturated carbocycles. The van der Waals surface area contributed by atoms with E-state index in [4.69, 9.17) is 9.47 Å². The Morgan fingerprint density at radius 2 is 1.83 bits per heavy atom. The van der Waals surface area contributed by atoms with E-state index in [-0.39, 0.29) is 0 Å². The highest BCUT2D eigenvalue weighted by Gasteiger charge is 2.21. The normalized spacial score (nSPS) is 25.1. The van der Waals surface area contributed by atoms with Gasteiger partial charge in [-0.1, -0.05) is 0 Å². The lowest BCUT2D eigenvalue weighted by Crippen LogP contribution is -2.46. The summed E-state index contributed by atoms with van der Waals surface area (Å²) in [4.78, 5) is 2.41. The van der Waals surface area contributed by atoms with Crippen LogP contribution in [0.3, 0.4) is 0 Å². The van der Waals surface area contributed by atoms with Crippen molar-refractivity contribution in [1.82, 2.24) is 4.90 Å². The number of benzene rings is 1. The van der Waals surface area contributed by atoms with E-state index in [1.54, 1.807) is 0 Å². The average Bonchev–Trinajstić information content (AvgIpc) is 2.30. The van der Waals surface area contributed by atoms with Crippen LogP contribution in [0.15, 0.2) is 24.3 Å². The van der Waals surface area contributed by atoms with Gasteiger partial charge in [-0.05, 0) is 60.7 Å². The number of nitrogens with zero attached hydrogens (tertiary/aromatic N) is 1. The minimum atomic E-state index is 0.326. The Balaban J connectivity index is 1.73. The number of hydrogen-bond acceptors (Lipinski definition) is 3. The van der Waals surface area contributed by atoms with Gasteiger partial charge in [0.05, 0.1) is 12.2 Å². The highest BCUT2D eigenvalue weighted by atomic mass is 127. The maximum absolute atomic E-state index is 5.75. The zero-order valence-corrected chi connectivity index (χ0v) is 13.1. The van der Waals surface area contributed by atoms with E-state index < -0.39 is 0 Å². The van der Waals surface area contributed by atoms with E-state index in [1.807, 2.05) is 12.1 Å². The van der Waals surface area contributed by atoms with Crippen LogP contribution in [0, 0.1) is 3.57 Å². The summed E-state index contributed by atoms with van der Waals surface area (Å²) in [6.45, 7) is 7.95. The first-order chi connectivity index (χ1) is 8.63. The molecule has 1 fully saturated rings. The first kappa shape index (κ1) is 14.1. The number of ether oxygens (including phenoxy) is 2. The Morgan fingerprint density at radius 3 is 2.44 bits per heavy atom. The fourth-order valence-corrected chi connectivity index (χ4v) is 2.65. The smallest absolute Gasteiger partial charge is 0.119 e. The summed E-state index contributed by atoms with van der Waals surface area (Å²) in [7, 11) is 0. The third kappa shape index (κ3) is 4.40. The summed E-state index contributed by atoms with van der Waals surface area (Å²) in [5.41, 5.74) is 0. The molecule has 0 N–H and O–H groups in total. The molecule has 1 saturated heterocycles. The second-order valence-corrected chi connectivity index (χ2v) is 6.06. The minimum Gasteiger partial charge on any atom is -0.492 e. The third-order valence-corrected chi connectivity index (χ3v) is 3.70. The zero-order valence-electron chi connectivity index (χ0n) is 10.9. The Labute approximate surface area is 123 Å². The largest absolute Gasteiger partial charge is 0.492 e. The van der Waals surface area contributed by atoms with Gasteiger partial charge in [0.1, 0.15) is 12.4 Å². The number of hydrogen-bond donors (Lipinski definition) is 0. The molecule has 0 bridgehead atoms. The molecule has 0 radical (unpaired) electrons. The molecule has 18 heavy (non-hydrogen) atoms. The Hall–Kier alpha value is -0.330. The lowest BCUT2D eigenvalue weighted by Gasteiger charge is -2.35. The van der Waals surface area contributed by atoms with Gasteiger partial charge in [-0.2, -0.15) is 0 Å². The molecule has 0 unspecified atom stereocenters. The molecule has 1 heterocycles. The van der Waals surface area contributed by atoms with Crippen molar-refractivity contribution in [2.75, 3.05) is 26.2 Å². The van der Waals surface area contributed by atoms with Crippen molar-refractivity contribution < 1.29 is 9.47 Å². The van der Waals surface area contributed by atoms with Crippen molar-refractivity contribution in [2.45, 2.75) is 26.1 Å².